The Morgan fingerprint density at radius 3 is 2.52 bits per heavy atom. The van der Waals surface area contributed by atoms with E-state index in [9.17, 15) is 22.8 Å². The minimum Gasteiger partial charge on any atom is -0.452 e. The third-order valence-corrected chi connectivity index (χ3v) is 3.30. The second kappa shape index (κ2) is 8.34. The molecule has 0 aliphatic rings. The first-order valence-electron chi connectivity index (χ1n) is 6.91. The van der Waals surface area contributed by atoms with Gasteiger partial charge < -0.3 is 10.1 Å². The number of hydrogen-bond acceptors (Lipinski definition) is 3. The smallest absolute Gasteiger partial charge is 0.331 e. The van der Waals surface area contributed by atoms with Crippen molar-refractivity contribution < 1.29 is 27.5 Å². The Balaban J connectivity index is 1.89. The van der Waals surface area contributed by atoms with E-state index in [-0.39, 0.29) is 0 Å². The zero-order valence-corrected chi connectivity index (χ0v) is 13.3. The molecule has 0 fully saturated rings. The van der Waals surface area contributed by atoms with Crippen LogP contribution in [0.5, 0.6) is 0 Å². The van der Waals surface area contributed by atoms with Crippen LogP contribution >= 0.6 is 11.6 Å². The van der Waals surface area contributed by atoms with E-state index in [4.69, 9.17) is 11.6 Å². The van der Waals surface area contributed by atoms with E-state index in [0.717, 1.165) is 12.1 Å². The number of esters is 1. The average molecular weight is 370 g/mol. The molecule has 25 heavy (non-hydrogen) atoms. The average Bonchev–Trinajstić information content (AvgIpc) is 2.60. The fourth-order valence-corrected chi connectivity index (χ4v) is 1.96. The van der Waals surface area contributed by atoms with Crippen molar-refractivity contribution >= 4 is 35.2 Å². The number of hydrogen-bond donors (Lipinski definition) is 1. The Kier molecular flexibility index (Phi) is 6.19. The standard InChI is InChI=1S/C17H11ClF3NO3/c18-11-4-2-1-3-10(11)5-8-15(24)25-9-14(23)22-13-7-6-12(19)16(20)17(13)21/h1-8H,9H2,(H,22,23)/b8-5+. The molecule has 0 aliphatic carbocycles. The molecular formula is C17H11ClF3NO3. The van der Waals surface area contributed by atoms with Crippen molar-refractivity contribution in [3.8, 4) is 0 Å². The number of rotatable bonds is 5. The highest BCUT2D eigenvalue weighted by Crippen LogP contribution is 2.19. The quantitative estimate of drug-likeness (QED) is 0.493. The van der Waals surface area contributed by atoms with E-state index >= 15 is 0 Å². The molecule has 1 N–H and O–H groups in total. The molecule has 0 aliphatic heterocycles. The minimum atomic E-state index is -1.71. The minimum absolute atomic E-state index is 0.429. The predicted octanol–water partition coefficient (Wildman–Crippen LogP) is 3.95. The van der Waals surface area contributed by atoms with Gasteiger partial charge in [0.1, 0.15) is 0 Å². The van der Waals surface area contributed by atoms with Gasteiger partial charge in [0.2, 0.25) is 0 Å². The second-order valence-corrected chi connectivity index (χ2v) is 5.14. The summed E-state index contributed by atoms with van der Waals surface area (Å²) in [6.45, 7) is -0.732. The Bertz CT molecular complexity index is 840. The maximum Gasteiger partial charge on any atom is 0.331 e. The summed E-state index contributed by atoms with van der Waals surface area (Å²) in [5, 5.41) is 2.40. The predicted molar refractivity (Wildman–Crippen MR) is 86.4 cm³/mol. The number of carbonyl (C=O) groups is 2. The first kappa shape index (κ1) is 18.5. The van der Waals surface area contributed by atoms with Crippen LogP contribution in [0.2, 0.25) is 5.02 Å². The molecule has 2 aromatic carbocycles. The van der Waals surface area contributed by atoms with E-state index in [2.05, 4.69) is 4.74 Å². The lowest BCUT2D eigenvalue weighted by Gasteiger charge is -2.07. The van der Waals surface area contributed by atoms with Crippen LogP contribution in [0, 0.1) is 17.5 Å². The van der Waals surface area contributed by atoms with Gasteiger partial charge in [-0.15, -0.1) is 0 Å². The number of benzene rings is 2. The number of amides is 1. The molecule has 0 saturated heterocycles. The summed E-state index contributed by atoms with van der Waals surface area (Å²) in [6, 6.07) is 8.26. The lowest BCUT2D eigenvalue weighted by atomic mass is 10.2. The van der Waals surface area contributed by atoms with Crippen LogP contribution in [0.3, 0.4) is 0 Å². The van der Waals surface area contributed by atoms with Gasteiger partial charge in [-0.3, -0.25) is 4.79 Å². The molecule has 0 atom stereocenters. The van der Waals surface area contributed by atoms with Gasteiger partial charge in [-0.25, -0.2) is 18.0 Å². The highest BCUT2D eigenvalue weighted by Gasteiger charge is 2.15. The largest absolute Gasteiger partial charge is 0.452 e. The topological polar surface area (TPSA) is 55.4 Å². The van der Waals surface area contributed by atoms with Crippen LogP contribution in [0.4, 0.5) is 18.9 Å². The molecule has 8 heteroatoms. The summed E-state index contributed by atoms with van der Waals surface area (Å²) in [5.41, 5.74) is 0.0148. The lowest BCUT2D eigenvalue weighted by molar-refractivity contribution is -0.142. The van der Waals surface area contributed by atoms with Crippen LogP contribution in [0.1, 0.15) is 5.56 Å². The highest BCUT2D eigenvalue weighted by atomic mass is 35.5. The molecule has 0 saturated carbocycles. The van der Waals surface area contributed by atoms with Gasteiger partial charge in [0.05, 0.1) is 5.69 Å². The number of nitrogens with one attached hydrogen (secondary N) is 1. The number of carbonyl (C=O) groups excluding carboxylic acids is 2. The molecule has 0 unspecified atom stereocenters. The maximum absolute atomic E-state index is 13.4. The van der Waals surface area contributed by atoms with Crippen molar-refractivity contribution in [2.45, 2.75) is 0 Å². The molecule has 0 spiro atoms. The summed E-state index contributed by atoms with van der Waals surface area (Å²) in [6.07, 6.45) is 2.46. The fourth-order valence-electron chi connectivity index (χ4n) is 1.76. The van der Waals surface area contributed by atoms with Gasteiger partial charge in [-0.05, 0) is 29.8 Å². The van der Waals surface area contributed by atoms with Crippen LogP contribution in [0.15, 0.2) is 42.5 Å². The summed E-state index contributed by atoms with van der Waals surface area (Å²) in [4.78, 5) is 23.1. The third kappa shape index (κ3) is 5.09. The van der Waals surface area contributed by atoms with Crippen molar-refractivity contribution in [1.82, 2.24) is 0 Å². The van der Waals surface area contributed by atoms with Crippen molar-refractivity contribution in [3.63, 3.8) is 0 Å². The monoisotopic (exact) mass is 369 g/mol. The van der Waals surface area contributed by atoms with Gasteiger partial charge >= 0.3 is 5.97 Å². The third-order valence-electron chi connectivity index (χ3n) is 2.96. The van der Waals surface area contributed by atoms with E-state index in [1.54, 1.807) is 24.3 Å². The van der Waals surface area contributed by atoms with Gasteiger partial charge in [0, 0.05) is 11.1 Å². The van der Waals surface area contributed by atoms with E-state index < -0.39 is 41.6 Å². The van der Waals surface area contributed by atoms with Crippen LogP contribution in [-0.4, -0.2) is 18.5 Å². The van der Waals surface area contributed by atoms with Crippen LogP contribution in [0.25, 0.3) is 6.08 Å². The second-order valence-electron chi connectivity index (χ2n) is 4.73. The number of halogens is 4. The molecule has 0 bridgehead atoms. The lowest BCUT2D eigenvalue weighted by Crippen LogP contribution is -2.21. The number of anilines is 1. The van der Waals surface area contributed by atoms with Crippen LogP contribution < -0.4 is 5.32 Å². The summed E-state index contributed by atoms with van der Waals surface area (Å²) in [5.74, 6) is -6.38. The molecule has 1 amide bonds. The first-order chi connectivity index (χ1) is 11.9. The van der Waals surface area contributed by atoms with E-state index in [0.29, 0.717) is 16.7 Å². The number of ether oxygens (including phenoxy) is 1. The van der Waals surface area contributed by atoms with Crippen molar-refractivity contribution in [3.05, 3.63) is 70.5 Å². The molecule has 2 rings (SSSR count). The normalized spacial score (nSPS) is 10.7. The summed E-state index contributed by atoms with van der Waals surface area (Å²) < 4.78 is 43.9. The Morgan fingerprint density at radius 1 is 1.08 bits per heavy atom. The molecule has 0 radical (unpaired) electrons. The molecule has 0 aromatic heterocycles. The van der Waals surface area contributed by atoms with E-state index in [1.807, 2.05) is 5.32 Å². The van der Waals surface area contributed by atoms with Gasteiger partial charge in [0.15, 0.2) is 24.1 Å². The van der Waals surface area contributed by atoms with Crippen LogP contribution in [-0.2, 0) is 14.3 Å². The zero-order chi connectivity index (χ0) is 18.4. The van der Waals surface area contributed by atoms with Gasteiger partial charge in [-0.1, -0.05) is 29.8 Å². The Morgan fingerprint density at radius 2 is 1.80 bits per heavy atom. The van der Waals surface area contributed by atoms with Crippen molar-refractivity contribution in [1.29, 1.82) is 0 Å². The molecule has 130 valence electrons. The zero-order valence-electron chi connectivity index (χ0n) is 12.6. The van der Waals surface area contributed by atoms with Crippen molar-refractivity contribution in [2.75, 3.05) is 11.9 Å². The molecule has 2 aromatic rings. The van der Waals surface area contributed by atoms with Gasteiger partial charge in [-0.2, -0.15) is 0 Å². The summed E-state index contributed by atoms with van der Waals surface area (Å²) >= 11 is 5.90. The SMILES string of the molecule is O=C(COC(=O)/C=C/c1ccccc1Cl)Nc1ccc(F)c(F)c1F. The Hall–Kier alpha value is -2.80. The first-order valence-corrected chi connectivity index (χ1v) is 7.29. The maximum atomic E-state index is 13.4. The molecule has 0 heterocycles. The fraction of sp³-hybridized carbons (Fsp3) is 0.0588. The molecule has 4 nitrogen and oxygen atoms in total. The van der Waals surface area contributed by atoms with E-state index in [1.165, 1.54) is 6.08 Å². The van der Waals surface area contributed by atoms with Crippen molar-refractivity contribution in [2.24, 2.45) is 0 Å². The molecular weight excluding hydrogens is 359 g/mol. The summed E-state index contributed by atoms with van der Waals surface area (Å²) in [7, 11) is 0. The highest BCUT2D eigenvalue weighted by molar-refractivity contribution is 6.32. The Labute approximate surface area is 145 Å². The van der Waals surface area contributed by atoms with Gasteiger partial charge in [0.25, 0.3) is 5.91 Å².